The number of anilines is 1. The van der Waals surface area contributed by atoms with E-state index in [0.29, 0.717) is 0 Å². The molecule has 1 aromatic rings. The number of carbonyl (C=O) groups is 1. The molecule has 10 heteroatoms. The first-order valence-electron chi connectivity index (χ1n) is 5.75. The van der Waals surface area contributed by atoms with E-state index in [0.717, 1.165) is 10.9 Å². The van der Waals surface area contributed by atoms with Crippen molar-refractivity contribution >= 4 is 11.9 Å². The monoisotopic (exact) mass is 286 g/mol. The molecule has 1 aromatic heterocycles. The average Bonchev–Trinajstić information content (AvgIpc) is 2.64. The minimum atomic E-state index is -1.39. The molecule has 0 radical (unpaired) electrons. The minimum absolute atomic E-state index is 0.212. The van der Waals surface area contributed by atoms with E-state index in [1.54, 1.807) is 0 Å². The van der Waals surface area contributed by atoms with Gasteiger partial charge in [-0.1, -0.05) is 0 Å². The lowest BCUT2D eigenvalue weighted by atomic mass is 10.1. The Morgan fingerprint density at radius 2 is 2.25 bits per heavy atom. The van der Waals surface area contributed by atoms with Crippen LogP contribution in [0, 0.1) is 0 Å². The summed E-state index contributed by atoms with van der Waals surface area (Å²) in [5.74, 6) is -0.762. The van der Waals surface area contributed by atoms with E-state index in [4.69, 9.17) is 15.2 Å². The molecule has 0 saturated carbocycles. The zero-order chi connectivity index (χ0) is 14.9. The van der Waals surface area contributed by atoms with Gasteiger partial charge in [0.15, 0.2) is 6.23 Å². The Labute approximate surface area is 112 Å². The Kier molecular flexibility index (Phi) is 3.97. The summed E-state index contributed by atoms with van der Waals surface area (Å²) in [6.45, 7) is 0.961. The molecule has 0 amide bonds. The van der Waals surface area contributed by atoms with Crippen molar-refractivity contribution in [2.75, 3.05) is 12.3 Å². The van der Waals surface area contributed by atoms with Crippen LogP contribution in [-0.2, 0) is 14.3 Å². The van der Waals surface area contributed by atoms with Gasteiger partial charge in [-0.3, -0.25) is 9.36 Å². The van der Waals surface area contributed by atoms with Crippen LogP contribution in [0.1, 0.15) is 13.2 Å². The maximum atomic E-state index is 11.6. The van der Waals surface area contributed by atoms with Crippen molar-refractivity contribution in [3.8, 4) is 0 Å². The highest BCUT2D eigenvalue weighted by molar-refractivity contribution is 5.65. The lowest BCUT2D eigenvalue weighted by molar-refractivity contribution is -0.147. The van der Waals surface area contributed by atoms with Crippen LogP contribution in [0.25, 0.3) is 0 Å². The highest BCUT2D eigenvalue weighted by Crippen LogP contribution is 2.28. The molecule has 4 N–H and O–H groups in total. The van der Waals surface area contributed by atoms with Crippen molar-refractivity contribution in [1.29, 1.82) is 0 Å². The highest BCUT2D eigenvalue weighted by atomic mass is 16.6. The highest BCUT2D eigenvalue weighted by Gasteiger charge is 2.44. The van der Waals surface area contributed by atoms with Gasteiger partial charge in [0.1, 0.15) is 31.2 Å². The van der Waals surface area contributed by atoms with Gasteiger partial charge in [-0.25, -0.2) is 9.78 Å². The fraction of sp³-hybridized carbons (Fsp3) is 0.600. The third kappa shape index (κ3) is 2.76. The standard InChI is InChI=1S/C10H14N4O6/c1-4(15)19-2-5-6(16)7(17)8(20-5)14-3-12-9(11)13-10(14)18/h3,5-8,16-17H,2H2,1H3,(H2,11,13,18). The molecule has 2 rings (SSSR count). The van der Waals surface area contributed by atoms with Gasteiger partial charge in [0.25, 0.3) is 0 Å². The third-order valence-corrected chi connectivity index (χ3v) is 2.81. The number of nitrogens with zero attached hydrogens (tertiary/aromatic N) is 3. The first kappa shape index (κ1) is 14.4. The third-order valence-electron chi connectivity index (χ3n) is 2.81. The quantitative estimate of drug-likeness (QED) is 0.508. The molecule has 110 valence electrons. The number of aromatic nitrogens is 3. The largest absolute Gasteiger partial charge is 0.463 e. The molecule has 4 atom stereocenters. The zero-order valence-corrected chi connectivity index (χ0v) is 10.5. The van der Waals surface area contributed by atoms with Crippen LogP contribution >= 0.6 is 0 Å². The van der Waals surface area contributed by atoms with Crippen LogP contribution in [0.3, 0.4) is 0 Å². The lowest BCUT2D eigenvalue weighted by Crippen LogP contribution is -2.36. The predicted molar refractivity (Wildman–Crippen MR) is 63.3 cm³/mol. The van der Waals surface area contributed by atoms with Gasteiger partial charge < -0.3 is 25.4 Å². The van der Waals surface area contributed by atoms with Gasteiger partial charge in [0.05, 0.1) is 0 Å². The van der Waals surface area contributed by atoms with Crippen LogP contribution in [0.2, 0.25) is 0 Å². The number of aliphatic hydroxyl groups is 2. The number of esters is 1. The summed E-state index contributed by atoms with van der Waals surface area (Å²) in [7, 11) is 0. The fourth-order valence-electron chi connectivity index (χ4n) is 1.83. The Morgan fingerprint density at radius 3 is 2.85 bits per heavy atom. The van der Waals surface area contributed by atoms with Crippen LogP contribution < -0.4 is 11.4 Å². The van der Waals surface area contributed by atoms with E-state index in [2.05, 4.69) is 9.97 Å². The smallest absolute Gasteiger partial charge is 0.354 e. The number of ether oxygens (including phenoxy) is 2. The summed E-state index contributed by atoms with van der Waals surface area (Å²) in [4.78, 5) is 29.4. The van der Waals surface area contributed by atoms with Gasteiger partial charge in [-0.15, -0.1) is 0 Å². The molecule has 0 aliphatic carbocycles. The Hall–Kier alpha value is -2.04. The summed E-state index contributed by atoms with van der Waals surface area (Å²) in [6.07, 6.45) is -3.79. The molecule has 1 fully saturated rings. The van der Waals surface area contributed by atoms with Gasteiger partial charge in [0, 0.05) is 6.92 Å². The molecule has 4 unspecified atom stereocenters. The zero-order valence-electron chi connectivity index (χ0n) is 10.5. The molecule has 0 spiro atoms. The van der Waals surface area contributed by atoms with E-state index in [1.165, 1.54) is 6.92 Å². The van der Waals surface area contributed by atoms with E-state index in [-0.39, 0.29) is 12.6 Å². The molecule has 2 heterocycles. The second kappa shape index (κ2) is 5.53. The van der Waals surface area contributed by atoms with Gasteiger partial charge in [-0.05, 0) is 0 Å². The summed E-state index contributed by atoms with van der Waals surface area (Å²) >= 11 is 0. The van der Waals surface area contributed by atoms with E-state index < -0.39 is 36.2 Å². The number of nitrogens with two attached hydrogens (primary N) is 1. The second-order valence-corrected chi connectivity index (χ2v) is 4.25. The number of hydrogen-bond donors (Lipinski definition) is 3. The fourth-order valence-corrected chi connectivity index (χ4v) is 1.83. The van der Waals surface area contributed by atoms with Crippen molar-refractivity contribution in [3.63, 3.8) is 0 Å². The molecule has 0 aromatic carbocycles. The van der Waals surface area contributed by atoms with Crippen molar-refractivity contribution in [1.82, 2.24) is 14.5 Å². The summed E-state index contributed by atoms with van der Waals surface area (Å²) in [6, 6.07) is 0. The van der Waals surface area contributed by atoms with E-state index >= 15 is 0 Å². The Morgan fingerprint density at radius 1 is 1.55 bits per heavy atom. The number of rotatable bonds is 3. The average molecular weight is 286 g/mol. The van der Waals surface area contributed by atoms with Gasteiger partial charge in [-0.2, -0.15) is 4.98 Å². The molecule has 20 heavy (non-hydrogen) atoms. The summed E-state index contributed by atoms with van der Waals surface area (Å²) < 4.78 is 10.9. The van der Waals surface area contributed by atoms with Crippen molar-refractivity contribution in [3.05, 3.63) is 16.8 Å². The van der Waals surface area contributed by atoms with Crippen molar-refractivity contribution in [2.45, 2.75) is 31.5 Å². The maximum absolute atomic E-state index is 11.6. The molecule has 1 aliphatic heterocycles. The van der Waals surface area contributed by atoms with Crippen molar-refractivity contribution < 1.29 is 24.5 Å². The number of nitrogen functional groups attached to an aromatic ring is 1. The second-order valence-electron chi connectivity index (χ2n) is 4.25. The van der Waals surface area contributed by atoms with Gasteiger partial charge in [0.2, 0.25) is 5.95 Å². The summed E-state index contributed by atoms with van der Waals surface area (Å²) in [5.41, 5.74) is 4.47. The van der Waals surface area contributed by atoms with Crippen LogP contribution in [-0.4, -0.2) is 55.6 Å². The molecule has 0 bridgehead atoms. The van der Waals surface area contributed by atoms with Crippen LogP contribution in [0.5, 0.6) is 0 Å². The van der Waals surface area contributed by atoms with Crippen LogP contribution in [0.4, 0.5) is 5.95 Å². The molecule has 10 nitrogen and oxygen atoms in total. The molecular weight excluding hydrogens is 272 g/mol. The number of hydrogen-bond acceptors (Lipinski definition) is 9. The van der Waals surface area contributed by atoms with Crippen molar-refractivity contribution in [2.24, 2.45) is 0 Å². The topological polar surface area (TPSA) is 150 Å². The number of carbonyl (C=O) groups excluding carboxylic acids is 1. The van der Waals surface area contributed by atoms with E-state index in [1.807, 2.05) is 0 Å². The Balaban J connectivity index is 2.17. The first-order valence-corrected chi connectivity index (χ1v) is 5.75. The minimum Gasteiger partial charge on any atom is -0.463 e. The van der Waals surface area contributed by atoms with E-state index in [9.17, 15) is 19.8 Å². The Bertz CT molecular complexity index is 561. The normalized spacial score (nSPS) is 29.4. The molecular formula is C10H14N4O6. The number of aliphatic hydroxyl groups excluding tert-OH is 2. The lowest BCUT2D eigenvalue weighted by Gasteiger charge is -2.16. The SMILES string of the molecule is CC(=O)OCC1OC(n2cnc(N)nc2=O)C(O)C1O. The predicted octanol–water partition coefficient (Wildman–Crippen LogP) is -2.60. The first-order chi connectivity index (χ1) is 9.40. The summed E-state index contributed by atoms with van der Waals surface area (Å²) in [5, 5.41) is 19.7. The van der Waals surface area contributed by atoms with Crippen LogP contribution in [0.15, 0.2) is 11.1 Å². The molecule has 1 aliphatic rings. The van der Waals surface area contributed by atoms with Gasteiger partial charge >= 0.3 is 11.7 Å². The maximum Gasteiger partial charge on any atom is 0.354 e. The molecule has 1 saturated heterocycles.